The van der Waals surface area contributed by atoms with Crippen molar-refractivity contribution in [3.05, 3.63) is 35.4 Å². The van der Waals surface area contributed by atoms with Crippen molar-refractivity contribution < 1.29 is 14.6 Å². The first-order valence-corrected chi connectivity index (χ1v) is 8.53. The minimum absolute atomic E-state index is 0.00430. The Morgan fingerprint density at radius 2 is 1.91 bits per heavy atom. The summed E-state index contributed by atoms with van der Waals surface area (Å²) in [7, 11) is 0. The molecule has 0 aromatic heterocycles. The molecule has 1 N–H and O–H groups in total. The van der Waals surface area contributed by atoms with Crippen LogP contribution >= 0.6 is 0 Å². The standard InChI is InChI=1S/C18H28N2O3/c1-2-3-16-4-6-17(7-5-16)18(22)20(10-13-21)9-8-19-11-14-23-15-12-19/h4-7,21H,2-3,8-15H2,1H3. The fraction of sp³-hybridized carbons (Fsp3) is 0.611. The maximum Gasteiger partial charge on any atom is 0.253 e. The number of rotatable bonds is 8. The van der Waals surface area contributed by atoms with Gasteiger partial charge in [0.2, 0.25) is 0 Å². The van der Waals surface area contributed by atoms with E-state index in [0.29, 0.717) is 18.7 Å². The molecular weight excluding hydrogens is 292 g/mol. The van der Waals surface area contributed by atoms with Crippen molar-refractivity contribution in [2.45, 2.75) is 19.8 Å². The number of aliphatic hydroxyl groups excluding tert-OH is 1. The van der Waals surface area contributed by atoms with Crippen molar-refractivity contribution in [2.24, 2.45) is 0 Å². The first-order valence-electron chi connectivity index (χ1n) is 8.53. The zero-order valence-electron chi connectivity index (χ0n) is 14.0. The van der Waals surface area contributed by atoms with Gasteiger partial charge in [0.15, 0.2) is 0 Å². The van der Waals surface area contributed by atoms with Gasteiger partial charge in [0.05, 0.1) is 19.8 Å². The second-order valence-electron chi connectivity index (χ2n) is 5.92. The third-order valence-corrected chi connectivity index (χ3v) is 4.19. The lowest BCUT2D eigenvalue weighted by Crippen LogP contribution is -2.43. The van der Waals surface area contributed by atoms with E-state index < -0.39 is 0 Å². The van der Waals surface area contributed by atoms with Gasteiger partial charge < -0.3 is 14.7 Å². The van der Waals surface area contributed by atoms with Crippen LogP contribution < -0.4 is 0 Å². The fourth-order valence-electron chi connectivity index (χ4n) is 2.81. The highest BCUT2D eigenvalue weighted by Crippen LogP contribution is 2.10. The highest BCUT2D eigenvalue weighted by Gasteiger charge is 2.17. The Morgan fingerprint density at radius 3 is 2.52 bits per heavy atom. The molecule has 1 amide bonds. The van der Waals surface area contributed by atoms with Crippen LogP contribution in [0.5, 0.6) is 0 Å². The van der Waals surface area contributed by atoms with Gasteiger partial charge in [-0.05, 0) is 24.1 Å². The predicted molar refractivity (Wildman–Crippen MR) is 90.7 cm³/mol. The molecule has 5 heteroatoms. The number of ether oxygens (including phenoxy) is 1. The van der Waals surface area contributed by atoms with E-state index in [0.717, 1.165) is 45.7 Å². The molecule has 1 aromatic carbocycles. The summed E-state index contributed by atoms with van der Waals surface area (Å²) in [4.78, 5) is 16.7. The summed E-state index contributed by atoms with van der Waals surface area (Å²) in [5.74, 6) is -0.00430. The molecular formula is C18H28N2O3. The highest BCUT2D eigenvalue weighted by molar-refractivity contribution is 5.94. The van der Waals surface area contributed by atoms with Gasteiger partial charge in [0.1, 0.15) is 0 Å². The van der Waals surface area contributed by atoms with Crippen LogP contribution in [0.2, 0.25) is 0 Å². The van der Waals surface area contributed by atoms with E-state index in [1.807, 2.05) is 24.3 Å². The molecule has 0 saturated carbocycles. The monoisotopic (exact) mass is 320 g/mol. The van der Waals surface area contributed by atoms with E-state index in [2.05, 4.69) is 11.8 Å². The zero-order valence-corrected chi connectivity index (χ0v) is 14.0. The first-order chi connectivity index (χ1) is 11.2. The maximum absolute atomic E-state index is 12.6. The van der Waals surface area contributed by atoms with Gasteiger partial charge in [-0.25, -0.2) is 0 Å². The van der Waals surface area contributed by atoms with E-state index in [4.69, 9.17) is 4.74 Å². The topological polar surface area (TPSA) is 53.0 Å². The zero-order chi connectivity index (χ0) is 16.5. The molecule has 0 atom stereocenters. The summed E-state index contributed by atoms with van der Waals surface area (Å²) < 4.78 is 5.34. The van der Waals surface area contributed by atoms with Gasteiger partial charge in [0.25, 0.3) is 5.91 Å². The van der Waals surface area contributed by atoms with E-state index >= 15 is 0 Å². The Labute approximate surface area is 138 Å². The number of carbonyl (C=O) groups is 1. The molecule has 5 nitrogen and oxygen atoms in total. The third kappa shape index (κ3) is 5.61. The smallest absolute Gasteiger partial charge is 0.253 e. The summed E-state index contributed by atoms with van der Waals surface area (Å²) in [5.41, 5.74) is 1.95. The second-order valence-corrected chi connectivity index (χ2v) is 5.92. The van der Waals surface area contributed by atoms with E-state index in [-0.39, 0.29) is 12.5 Å². The average Bonchev–Trinajstić information content (AvgIpc) is 2.60. The number of benzene rings is 1. The van der Waals surface area contributed by atoms with E-state index in [1.165, 1.54) is 5.56 Å². The highest BCUT2D eigenvalue weighted by atomic mass is 16.5. The third-order valence-electron chi connectivity index (χ3n) is 4.19. The average molecular weight is 320 g/mol. The molecule has 0 spiro atoms. The molecule has 1 aliphatic heterocycles. The van der Waals surface area contributed by atoms with Crippen molar-refractivity contribution in [1.29, 1.82) is 0 Å². The van der Waals surface area contributed by atoms with Crippen LogP contribution in [0.15, 0.2) is 24.3 Å². The Morgan fingerprint density at radius 1 is 1.22 bits per heavy atom. The van der Waals surface area contributed by atoms with Gasteiger partial charge in [-0.2, -0.15) is 0 Å². The minimum atomic E-state index is -0.0111. The van der Waals surface area contributed by atoms with Gasteiger partial charge >= 0.3 is 0 Å². The van der Waals surface area contributed by atoms with Crippen LogP contribution in [0, 0.1) is 0 Å². The molecule has 2 rings (SSSR count). The van der Waals surface area contributed by atoms with Crippen molar-refractivity contribution >= 4 is 5.91 Å². The number of morpholine rings is 1. The summed E-state index contributed by atoms with van der Waals surface area (Å²) in [6, 6.07) is 7.84. The second kappa shape index (κ2) is 9.65. The largest absolute Gasteiger partial charge is 0.395 e. The van der Waals surface area contributed by atoms with Crippen LogP contribution in [-0.2, 0) is 11.2 Å². The Kier molecular flexibility index (Phi) is 7.52. The molecule has 0 bridgehead atoms. The number of aryl methyl sites for hydroxylation is 1. The number of amides is 1. The van der Waals surface area contributed by atoms with E-state index in [1.54, 1.807) is 4.90 Å². The van der Waals surface area contributed by atoms with Crippen molar-refractivity contribution in [3.63, 3.8) is 0 Å². The summed E-state index contributed by atoms with van der Waals surface area (Å²) in [5, 5.41) is 9.26. The fourth-order valence-corrected chi connectivity index (χ4v) is 2.81. The molecule has 1 aromatic rings. The number of hydrogen-bond donors (Lipinski definition) is 1. The molecule has 0 radical (unpaired) electrons. The van der Waals surface area contributed by atoms with Gasteiger partial charge in [-0.15, -0.1) is 0 Å². The molecule has 1 saturated heterocycles. The lowest BCUT2D eigenvalue weighted by molar-refractivity contribution is 0.0315. The summed E-state index contributed by atoms with van der Waals surface area (Å²) in [6.45, 7) is 7.30. The van der Waals surface area contributed by atoms with Crippen molar-refractivity contribution in [2.75, 3.05) is 52.5 Å². The first kappa shape index (κ1) is 17.9. The van der Waals surface area contributed by atoms with Crippen LogP contribution in [0.4, 0.5) is 0 Å². The number of carbonyl (C=O) groups excluding carboxylic acids is 1. The Hall–Kier alpha value is -1.43. The minimum Gasteiger partial charge on any atom is -0.395 e. The summed E-state index contributed by atoms with van der Waals surface area (Å²) in [6.07, 6.45) is 2.13. The SMILES string of the molecule is CCCc1ccc(C(=O)N(CCO)CCN2CCOCC2)cc1. The molecule has 23 heavy (non-hydrogen) atoms. The van der Waals surface area contributed by atoms with Gasteiger partial charge in [-0.3, -0.25) is 9.69 Å². The van der Waals surface area contributed by atoms with Crippen LogP contribution in [-0.4, -0.2) is 73.4 Å². The number of nitrogens with zero attached hydrogens (tertiary/aromatic N) is 2. The quantitative estimate of drug-likeness (QED) is 0.787. The molecule has 1 heterocycles. The predicted octanol–water partition coefficient (Wildman–Crippen LogP) is 1.41. The number of aliphatic hydroxyl groups is 1. The Bertz CT molecular complexity index is 470. The molecule has 1 fully saturated rings. The molecule has 128 valence electrons. The van der Waals surface area contributed by atoms with Gasteiger partial charge in [0, 0.05) is 38.3 Å². The van der Waals surface area contributed by atoms with Crippen LogP contribution in [0.1, 0.15) is 29.3 Å². The normalized spacial score (nSPS) is 15.6. The van der Waals surface area contributed by atoms with Crippen molar-refractivity contribution in [3.8, 4) is 0 Å². The van der Waals surface area contributed by atoms with Gasteiger partial charge in [-0.1, -0.05) is 25.5 Å². The number of hydrogen-bond acceptors (Lipinski definition) is 4. The van der Waals surface area contributed by atoms with Crippen LogP contribution in [0.3, 0.4) is 0 Å². The lowest BCUT2D eigenvalue weighted by Gasteiger charge is -2.30. The molecule has 1 aliphatic rings. The maximum atomic E-state index is 12.6. The Balaban J connectivity index is 1.93. The molecule has 0 unspecified atom stereocenters. The van der Waals surface area contributed by atoms with Crippen molar-refractivity contribution in [1.82, 2.24) is 9.80 Å². The summed E-state index contributed by atoms with van der Waals surface area (Å²) >= 11 is 0. The van der Waals surface area contributed by atoms with Crippen LogP contribution in [0.25, 0.3) is 0 Å². The molecule has 0 aliphatic carbocycles. The lowest BCUT2D eigenvalue weighted by atomic mass is 10.1. The van der Waals surface area contributed by atoms with E-state index in [9.17, 15) is 9.90 Å².